The molecule has 0 aliphatic heterocycles. The second-order valence-corrected chi connectivity index (χ2v) is 7.28. The third-order valence-corrected chi connectivity index (χ3v) is 4.92. The molecule has 0 aliphatic carbocycles. The molecule has 5 heteroatoms. The summed E-state index contributed by atoms with van der Waals surface area (Å²) in [6.07, 6.45) is 0. The topological polar surface area (TPSA) is 20.2 Å². The third kappa shape index (κ3) is 4.58. The predicted molar refractivity (Wildman–Crippen MR) is 51.9 cm³/mol. The molecule has 0 rings (SSSR count). The van der Waals surface area contributed by atoms with Crippen molar-refractivity contribution < 1.29 is 9.50 Å². The second-order valence-electron chi connectivity index (χ2n) is 0.888. The van der Waals surface area contributed by atoms with Crippen molar-refractivity contribution in [2.45, 2.75) is 5.79 Å². The van der Waals surface area contributed by atoms with E-state index < -0.39 is 3.86 Å². The van der Waals surface area contributed by atoms with E-state index in [9.17, 15) is 4.39 Å². The summed E-state index contributed by atoms with van der Waals surface area (Å²) in [6.45, 7) is 0. The summed E-state index contributed by atoms with van der Waals surface area (Å²) in [6, 6.07) is 0. The van der Waals surface area contributed by atoms with Gasteiger partial charge in [0.25, 0.3) is 3.86 Å². The van der Waals surface area contributed by atoms with E-state index in [1.165, 1.54) is 22.6 Å². The monoisotopic (exact) mass is 442 g/mol. The zero-order valence-electron chi connectivity index (χ0n) is 3.04. The van der Waals surface area contributed by atoms with Crippen LogP contribution in [-0.4, -0.2) is 10.9 Å². The minimum Gasteiger partial charge on any atom is -0.353 e. The highest BCUT2D eigenvalue weighted by atomic mass is 127. The van der Waals surface area contributed by atoms with Crippen LogP contribution < -0.4 is 0 Å². The zero-order chi connectivity index (χ0) is 6.08. The van der Waals surface area contributed by atoms with Gasteiger partial charge in [0.15, 0.2) is 0 Å². The molecule has 0 fully saturated rings. The molecule has 44 valence electrons. The lowest BCUT2D eigenvalue weighted by molar-refractivity contribution is 0.0452. The first-order valence-electron chi connectivity index (χ1n) is 1.33. The first-order valence-corrected chi connectivity index (χ1v) is 4.90. The Kier molecular flexibility index (Phi) is 4.28. The molecule has 0 amide bonds. The van der Waals surface area contributed by atoms with E-state index in [4.69, 9.17) is 5.11 Å². The smallest absolute Gasteiger partial charge is 0.278 e. The number of rotatable bonds is 1. The maximum absolute atomic E-state index is 12.0. The molecule has 0 spiro atoms. The van der Waals surface area contributed by atoms with Crippen LogP contribution in [0.4, 0.5) is 4.39 Å². The highest BCUT2D eigenvalue weighted by Crippen LogP contribution is 2.31. The van der Waals surface area contributed by atoms with Gasteiger partial charge in [0.05, 0.1) is 0 Å². The summed E-state index contributed by atoms with van der Waals surface area (Å²) in [5, 5.41) is 8.40. The van der Waals surface area contributed by atoms with Crippen molar-refractivity contribution in [1.82, 2.24) is 0 Å². The van der Waals surface area contributed by atoms with Gasteiger partial charge >= 0.3 is 0 Å². The first-order chi connectivity index (χ1) is 2.94. The molecular formula is C2H2FI3O. The summed E-state index contributed by atoms with van der Waals surface area (Å²) in [4.78, 5) is 0. The molecular weight excluding hydrogens is 440 g/mol. The number of halogens is 4. The normalized spacial score (nSPS) is 19.7. The summed E-state index contributed by atoms with van der Waals surface area (Å²) < 4.78 is 9.60. The molecule has 1 N–H and O–H groups in total. The van der Waals surface area contributed by atoms with E-state index >= 15 is 0 Å². The highest BCUT2D eigenvalue weighted by molar-refractivity contribution is 14.2. The number of alkyl halides is 4. The third-order valence-electron chi connectivity index (χ3n) is 0.263. The predicted octanol–water partition coefficient (Wildman–Crippen LogP) is 2.23. The maximum Gasteiger partial charge on any atom is 0.278 e. The van der Waals surface area contributed by atoms with Gasteiger partial charge in [-0.3, -0.25) is 0 Å². The van der Waals surface area contributed by atoms with Crippen LogP contribution in [0.2, 0.25) is 0 Å². The van der Waals surface area contributed by atoms with Crippen molar-refractivity contribution in [3.63, 3.8) is 0 Å². The summed E-state index contributed by atoms with van der Waals surface area (Å²) in [5.74, 6) is 0. The van der Waals surface area contributed by atoms with E-state index in [-0.39, 0.29) is 1.93 Å². The highest BCUT2D eigenvalue weighted by Gasteiger charge is 2.28. The summed E-state index contributed by atoms with van der Waals surface area (Å²) in [5.41, 5.74) is 0. The van der Waals surface area contributed by atoms with Crippen molar-refractivity contribution in [2.24, 2.45) is 0 Å². The number of hydrogen-bond donors (Lipinski definition) is 1. The average molecular weight is 442 g/mol. The Morgan fingerprint density at radius 3 is 1.71 bits per heavy atom. The van der Waals surface area contributed by atoms with Gasteiger partial charge in [-0.1, -0.05) is 45.2 Å². The number of aliphatic hydroxyl groups is 1. The Morgan fingerprint density at radius 1 is 1.57 bits per heavy atom. The van der Waals surface area contributed by atoms with Crippen LogP contribution in [0, 0.1) is 0 Å². The van der Waals surface area contributed by atoms with Gasteiger partial charge < -0.3 is 5.11 Å². The van der Waals surface area contributed by atoms with Crippen LogP contribution in [0.3, 0.4) is 0 Å². The van der Waals surface area contributed by atoms with Crippen molar-refractivity contribution >= 4 is 67.8 Å². The van der Waals surface area contributed by atoms with Crippen molar-refractivity contribution in [2.75, 3.05) is 0 Å². The van der Waals surface area contributed by atoms with Gasteiger partial charge in [-0.05, 0) is 22.6 Å². The second kappa shape index (κ2) is 3.30. The van der Waals surface area contributed by atoms with Crippen LogP contribution in [0.15, 0.2) is 0 Å². The molecule has 0 aromatic heterocycles. The molecule has 0 bridgehead atoms. The van der Waals surface area contributed by atoms with Crippen molar-refractivity contribution in [1.29, 1.82) is 0 Å². The Morgan fingerprint density at radius 2 is 1.71 bits per heavy atom. The summed E-state index contributed by atoms with van der Waals surface area (Å²) >= 11 is 4.95. The first kappa shape index (κ1) is 9.08. The minimum absolute atomic E-state index is 0.386. The van der Waals surface area contributed by atoms with Gasteiger partial charge in [0, 0.05) is 0 Å². The largest absolute Gasteiger partial charge is 0.353 e. The fourth-order valence-electron chi connectivity index (χ4n) is 0. The molecule has 0 aromatic rings. The lowest BCUT2D eigenvalue weighted by Gasteiger charge is -2.10. The molecule has 0 saturated heterocycles. The standard InChI is InChI=1S/C2H2FI3O/c3-2(6,7)1(4)5/h1,7H. The minimum atomic E-state index is -2.06. The molecule has 0 aliphatic rings. The zero-order valence-corrected chi connectivity index (χ0v) is 9.51. The SMILES string of the molecule is OC(F)(I)C(I)I. The van der Waals surface area contributed by atoms with Crippen molar-refractivity contribution in [3.8, 4) is 0 Å². The van der Waals surface area contributed by atoms with Gasteiger partial charge in [0.2, 0.25) is 0 Å². The molecule has 0 saturated carbocycles. The van der Waals surface area contributed by atoms with E-state index in [2.05, 4.69) is 0 Å². The van der Waals surface area contributed by atoms with Crippen LogP contribution >= 0.6 is 67.8 Å². The van der Waals surface area contributed by atoms with Crippen LogP contribution in [-0.2, 0) is 0 Å². The fourth-order valence-corrected chi connectivity index (χ4v) is 0. The molecule has 0 aromatic carbocycles. The fraction of sp³-hybridized carbons (Fsp3) is 1.00. The van der Waals surface area contributed by atoms with E-state index in [1.807, 2.05) is 0 Å². The van der Waals surface area contributed by atoms with E-state index in [1.54, 1.807) is 45.2 Å². The van der Waals surface area contributed by atoms with E-state index in [0.717, 1.165) is 0 Å². The lowest BCUT2D eigenvalue weighted by atomic mass is 10.8. The maximum atomic E-state index is 12.0. The van der Waals surface area contributed by atoms with Crippen molar-refractivity contribution in [3.05, 3.63) is 0 Å². The Labute approximate surface area is 81.8 Å². The Bertz CT molecular complexity index is 58.4. The molecule has 0 heterocycles. The molecule has 1 atom stereocenters. The Hall–Kier alpha value is 2.08. The van der Waals surface area contributed by atoms with Crippen LogP contribution in [0.1, 0.15) is 0 Å². The van der Waals surface area contributed by atoms with Gasteiger partial charge in [-0.25, -0.2) is 0 Å². The van der Waals surface area contributed by atoms with E-state index in [0.29, 0.717) is 0 Å². The average Bonchev–Trinajstić information content (AvgIpc) is 1.31. The van der Waals surface area contributed by atoms with Gasteiger partial charge in [0.1, 0.15) is 1.93 Å². The number of hydrogen-bond acceptors (Lipinski definition) is 1. The van der Waals surface area contributed by atoms with Gasteiger partial charge in [-0.15, -0.1) is 0 Å². The van der Waals surface area contributed by atoms with Gasteiger partial charge in [-0.2, -0.15) is 4.39 Å². The van der Waals surface area contributed by atoms with Crippen LogP contribution in [0.5, 0.6) is 0 Å². The molecule has 1 unspecified atom stereocenters. The van der Waals surface area contributed by atoms with Crippen LogP contribution in [0.25, 0.3) is 0 Å². The quantitative estimate of drug-likeness (QED) is 0.489. The molecule has 1 nitrogen and oxygen atoms in total. The summed E-state index contributed by atoms with van der Waals surface area (Å²) in [7, 11) is 0. The Balaban J connectivity index is 3.54. The molecule has 0 radical (unpaired) electrons. The lowest BCUT2D eigenvalue weighted by Crippen LogP contribution is -2.19. The molecule has 7 heavy (non-hydrogen) atoms.